The number of aromatic amines is 1. The summed E-state index contributed by atoms with van der Waals surface area (Å²) in [5.74, 6) is 0.347. The predicted molar refractivity (Wildman–Crippen MR) is 73.3 cm³/mol. The van der Waals surface area contributed by atoms with E-state index in [-0.39, 0.29) is 16.5 Å². The average Bonchev–Trinajstić information content (AvgIpc) is 3.27. The number of amides is 1. The van der Waals surface area contributed by atoms with Gasteiger partial charge in [0.15, 0.2) is 5.69 Å². The van der Waals surface area contributed by atoms with E-state index in [0.717, 1.165) is 19.3 Å². The van der Waals surface area contributed by atoms with Gasteiger partial charge < -0.3 is 5.32 Å². The number of rotatable bonds is 6. The third-order valence-electron chi connectivity index (χ3n) is 3.73. The molecule has 0 aromatic carbocycles. The first-order chi connectivity index (χ1) is 9.47. The predicted octanol–water partition coefficient (Wildman–Crippen LogP) is 1.74. The first-order valence-corrected chi connectivity index (χ1v) is 9.09. The van der Waals surface area contributed by atoms with E-state index in [2.05, 4.69) is 15.5 Å². The van der Waals surface area contributed by atoms with Crippen LogP contribution in [0.25, 0.3) is 0 Å². The lowest BCUT2D eigenvalue weighted by atomic mass is 10.2. The molecule has 0 saturated heterocycles. The first kappa shape index (κ1) is 13.9. The highest BCUT2D eigenvalue weighted by Crippen LogP contribution is 2.43. The number of aromatic nitrogens is 2. The van der Waals surface area contributed by atoms with Gasteiger partial charge >= 0.3 is 0 Å². The molecule has 0 spiro atoms. The average molecular weight is 318 g/mol. The highest BCUT2D eigenvalue weighted by molar-refractivity contribution is 8.13. The van der Waals surface area contributed by atoms with Crippen LogP contribution in [0.3, 0.4) is 0 Å². The van der Waals surface area contributed by atoms with E-state index in [0.29, 0.717) is 18.2 Å². The van der Waals surface area contributed by atoms with Crippen LogP contribution in [-0.2, 0) is 9.05 Å². The highest BCUT2D eigenvalue weighted by atomic mass is 35.7. The Bertz CT molecular complexity index is 632. The molecule has 20 heavy (non-hydrogen) atoms. The lowest BCUT2D eigenvalue weighted by Gasteiger charge is -2.04. The summed E-state index contributed by atoms with van der Waals surface area (Å²) in [6.45, 7) is 0.539. The maximum absolute atomic E-state index is 12.1. The highest BCUT2D eigenvalue weighted by Gasteiger charge is 2.36. The Kier molecular flexibility index (Phi) is 3.50. The Morgan fingerprint density at radius 3 is 2.60 bits per heavy atom. The number of carbonyl (C=O) groups is 1. The molecule has 0 bridgehead atoms. The maximum Gasteiger partial charge on any atom is 0.273 e. The Morgan fingerprint density at radius 2 is 2.05 bits per heavy atom. The van der Waals surface area contributed by atoms with E-state index >= 15 is 0 Å². The van der Waals surface area contributed by atoms with Crippen LogP contribution < -0.4 is 5.32 Å². The van der Waals surface area contributed by atoms with E-state index in [9.17, 15) is 13.2 Å². The number of H-pyrrole nitrogens is 1. The van der Waals surface area contributed by atoms with Crippen molar-refractivity contribution < 1.29 is 13.2 Å². The van der Waals surface area contributed by atoms with E-state index in [1.807, 2.05) is 0 Å². The number of carbonyl (C=O) groups excluding carboxylic acids is 1. The van der Waals surface area contributed by atoms with Gasteiger partial charge in [0.2, 0.25) is 0 Å². The second-order valence-electron chi connectivity index (χ2n) is 5.52. The van der Waals surface area contributed by atoms with Gasteiger partial charge in [0.1, 0.15) is 4.90 Å². The third-order valence-corrected chi connectivity index (χ3v) is 5.09. The van der Waals surface area contributed by atoms with Gasteiger partial charge in [0.25, 0.3) is 15.0 Å². The van der Waals surface area contributed by atoms with Gasteiger partial charge in [0.05, 0.1) is 5.69 Å². The summed E-state index contributed by atoms with van der Waals surface area (Å²) in [5.41, 5.74) is 0.352. The van der Waals surface area contributed by atoms with Crippen molar-refractivity contribution in [1.82, 2.24) is 15.5 Å². The molecular formula is C12H16ClN3O3S. The minimum Gasteiger partial charge on any atom is -0.351 e. The van der Waals surface area contributed by atoms with Crippen LogP contribution in [0.2, 0.25) is 0 Å². The summed E-state index contributed by atoms with van der Waals surface area (Å²) in [5, 5.41) is 9.23. The smallest absolute Gasteiger partial charge is 0.273 e. The number of nitrogens with zero attached hydrogens (tertiary/aromatic N) is 1. The number of hydrogen-bond donors (Lipinski definition) is 2. The minimum absolute atomic E-state index is 0.113. The largest absolute Gasteiger partial charge is 0.351 e. The summed E-state index contributed by atoms with van der Waals surface area (Å²) in [6, 6.07) is 0. The zero-order chi connectivity index (χ0) is 14.3. The van der Waals surface area contributed by atoms with Crippen molar-refractivity contribution in [2.24, 2.45) is 5.92 Å². The second-order valence-corrected chi connectivity index (χ2v) is 8.02. The van der Waals surface area contributed by atoms with Gasteiger partial charge in [-0.1, -0.05) is 12.8 Å². The van der Waals surface area contributed by atoms with Crippen molar-refractivity contribution in [3.8, 4) is 0 Å². The summed E-state index contributed by atoms with van der Waals surface area (Å²) in [4.78, 5) is 11.9. The summed E-state index contributed by atoms with van der Waals surface area (Å²) < 4.78 is 23.4. The van der Waals surface area contributed by atoms with Crippen LogP contribution in [0.5, 0.6) is 0 Å². The maximum atomic E-state index is 12.1. The molecule has 110 valence electrons. The molecule has 0 aliphatic heterocycles. The molecule has 6 nitrogen and oxygen atoms in total. The summed E-state index contributed by atoms with van der Waals surface area (Å²) in [7, 11) is 1.47. The fourth-order valence-electron chi connectivity index (χ4n) is 2.27. The van der Waals surface area contributed by atoms with Crippen LogP contribution >= 0.6 is 10.7 Å². The molecule has 1 aromatic rings. The van der Waals surface area contributed by atoms with E-state index in [1.165, 1.54) is 12.8 Å². The van der Waals surface area contributed by atoms with Gasteiger partial charge in [-0.15, -0.1) is 0 Å². The Hall–Kier alpha value is -1.08. The van der Waals surface area contributed by atoms with Gasteiger partial charge in [-0.2, -0.15) is 5.10 Å². The monoisotopic (exact) mass is 317 g/mol. The lowest BCUT2D eigenvalue weighted by molar-refractivity contribution is 0.0944. The molecule has 2 aliphatic rings. The van der Waals surface area contributed by atoms with Crippen molar-refractivity contribution in [2.75, 3.05) is 6.54 Å². The van der Waals surface area contributed by atoms with Gasteiger partial charge in [-0.25, -0.2) is 8.42 Å². The third kappa shape index (κ3) is 2.98. The van der Waals surface area contributed by atoms with Crippen molar-refractivity contribution >= 4 is 25.6 Å². The standard InChI is InChI=1S/C12H16ClN3O3S/c13-20(18,19)11-9(8-3-4-8)15-16-10(11)12(17)14-6-5-7-1-2-7/h7-8H,1-6H2,(H,14,17)(H,15,16). The molecule has 0 atom stereocenters. The molecule has 0 radical (unpaired) electrons. The molecular weight excluding hydrogens is 302 g/mol. The summed E-state index contributed by atoms with van der Waals surface area (Å²) in [6.07, 6.45) is 5.14. The quantitative estimate of drug-likeness (QED) is 0.782. The number of nitrogens with one attached hydrogen (secondary N) is 2. The van der Waals surface area contributed by atoms with E-state index < -0.39 is 15.0 Å². The van der Waals surface area contributed by atoms with Gasteiger partial charge in [-0.05, 0) is 25.2 Å². The Morgan fingerprint density at radius 1 is 1.35 bits per heavy atom. The SMILES string of the molecule is O=C(NCCC1CC1)c1n[nH]c(C2CC2)c1S(=O)(=O)Cl. The fraction of sp³-hybridized carbons (Fsp3) is 0.667. The molecule has 1 heterocycles. The normalized spacial score (nSPS) is 19.1. The zero-order valence-corrected chi connectivity index (χ0v) is 12.4. The molecule has 8 heteroatoms. The van der Waals surface area contributed by atoms with Gasteiger partial charge in [-0.3, -0.25) is 9.89 Å². The lowest BCUT2D eigenvalue weighted by Crippen LogP contribution is -2.26. The second kappa shape index (κ2) is 5.04. The molecule has 2 N–H and O–H groups in total. The molecule has 3 rings (SSSR count). The van der Waals surface area contributed by atoms with Crippen molar-refractivity contribution in [3.63, 3.8) is 0 Å². The van der Waals surface area contributed by atoms with Crippen molar-refractivity contribution in [2.45, 2.75) is 42.9 Å². The molecule has 1 aromatic heterocycles. The number of halogens is 1. The van der Waals surface area contributed by atoms with Crippen LogP contribution in [0, 0.1) is 5.92 Å². The molecule has 0 unspecified atom stereocenters. The molecule has 2 saturated carbocycles. The minimum atomic E-state index is -3.98. The first-order valence-electron chi connectivity index (χ1n) is 6.78. The van der Waals surface area contributed by atoms with E-state index in [4.69, 9.17) is 10.7 Å². The number of hydrogen-bond acceptors (Lipinski definition) is 4. The molecule has 2 fully saturated rings. The Labute approximate surface area is 121 Å². The molecule has 1 amide bonds. The zero-order valence-electron chi connectivity index (χ0n) is 10.9. The van der Waals surface area contributed by atoms with Crippen LogP contribution in [0.1, 0.15) is 54.2 Å². The van der Waals surface area contributed by atoms with Gasteiger partial charge in [0, 0.05) is 23.1 Å². The van der Waals surface area contributed by atoms with Crippen LogP contribution in [0.4, 0.5) is 0 Å². The molecule has 2 aliphatic carbocycles. The van der Waals surface area contributed by atoms with Crippen LogP contribution in [0.15, 0.2) is 4.90 Å². The Balaban J connectivity index is 1.78. The topological polar surface area (TPSA) is 91.9 Å². The van der Waals surface area contributed by atoms with Crippen molar-refractivity contribution in [3.05, 3.63) is 11.4 Å². The van der Waals surface area contributed by atoms with E-state index in [1.54, 1.807) is 0 Å². The fourth-order valence-corrected chi connectivity index (χ4v) is 3.59. The van der Waals surface area contributed by atoms with Crippen molar-refractivity contribution in [1.29, 1.82) is 0 Å². The summed E-state index contributed by atoms with van der Waals surface area (Å²) >= 11 is 0. The van der Waals surface area contributed by atoms with Crippen LogP contribution in [-0.4, -0.2) is 31.1 Å².